The van der Waals surface area contributed by atoms with E-state index in [4.69, 9.17) is 21.1 Å². The summed E-state index contributed by atoms with van der Waals surface area (Å²) in [6.07, 6.45) is 1.46. The van der Waals surface area contributed by atoms with Crippen molar-refractivity contribution in [2.24, 2.45) is 5.10 Å². The number of halogens is 1. The van der Waals surface area contributed by atoms with Crippen LogP contribution in [0.15, 0.2) is 47.6 Å². The molecule has 26 heavy (non-hydrogen) atoms. The first-order valence-electron chi connectivity index (χ1n) is 7.87. The summed E-state index contributed by atoms with van der Waals surface area (Å²) >= 11 is 5.86. The Labute approximate surface area is 154 Å². The number of fused-ring (bicyclic) bond motifs is 1. The van der Waals surface area contributed by atoms with Crippen molar-refractivity contribution in [3.8, 4) is 11.5 Å². The highest BCUT2D eigenvalue weighted by Gasteiger charge is 2.15. The van der Waals surface area contributed by atoms with E-state index in [2.05, 4.69) is 15.8 Å². The minimum absolute atomic E-state index is 0.208. The van der Waals surface area contributed by atoms with Crippen LogP contribution in [0.5, 0.6) is 11.5 Å². The SMILES string of the molecule is O=C(CNC(=O)c1ccc2c(c1)OCCO2)N/N=C/c1cccc(Cl)c1. The third-order valence-electron chi connectivity index (χ3n) is 3.47. The summed E-state index contributed by atoms with van der Waals surface area (Å²) < 4.78 is 10.8. The maximum Gasteiger partial charge on any atom is 0.259 e. The molecule has 134 valence electrons. The van der Waals surface area contributed by atoms with Crippen LogP contribution in [0.3, 0.4) is 0 Å². The Hall–Kier alpha value is -3.06. The van der Waals surface area contributed by atoms with Gasteiger partial charge in [-0.2, -0.15) is 5.10 Å². The fourth-order valence-electron chi connectivity index (χ4n) is 2.25. The highest BCUT2D eigenvalue weighted by atomic mass is 35.5. The number of nitrogens with one attached hydrogen (secondary N) is 2. The van der Waals surface area contributed by atoms with Crippen molar-refractivity contribution in [2.45, 2.75) is 0 Å². The predicted octanol–water partition coefficient (Wildman–Crippen LogP) is 1.99. The molecular formula is C18H16ClN3O4. The van der Waals surface area contributed by atoms with Crippen LogP contribution in [-0.4, -0.2) is 37.8 Å². The van der Waals surface area contributed by atoms with Gasteiger partial charge in [-0.1, -0.05) is 23.7 Å². The summed E-state index contributed by atoms with van der Waals surface area (Å²) in [7, 11) is 0. The number of carbonyl (C=O) groups is 2. The average Bonchev–Trinajstić information content (AvgIpc) is 2.66. The van der Waals surface area contributed by atoms with E-state index in [-0.39, 0.29) is 6.54 Å². The van der Waals surface area contributed by atoms with Crippen LogP contribution >= 0.6 is 11.6 Å². The maximum atomic E-state index is 12.1. The molecule has 2 aromatic rings. The minimum atomic E-state index is -0.450. The van der Waals surface area contributed by atoms with Crippen molar-refractivity contribution < 1.29 is 19.1 Å². The first-order valence-corrected chi connectivity index (χ1v) is 8.25. The molecule has 1 aliphatic rings. The smallest absolute Gasteiger partial charge is 0.259 e. The van der Waals surface area contributed by atoms with Gasteiger partial charge in [0.15, 0.2) is 11.5 Å². The fraction of sp³-hybridized carbons (Fsp3) is 0.167. The summed E-state index contributed by atoms with van der Waals surface area (Å²) in [5.74, 6) is 0.269. The second-order valence-corrected chi connectivity index (χ2v) is 5.83. The van der Waals surface area contributed by atoms with Gasteiger partial charge in [-0.25, -0.2) is 5.43 Å². The molecule has 0 spiro atoms. The standard InChI is InChI=1S/C18H16ClN3O4/c19-14-3-1-2-12(8-14)10-21-22-17(23)11-20-18(24)13-4-5-15-16(9-13)26-7-6-25-15/h1-5,8-10H,6-7,11H2,(H,20,24)(H,22,23)/b21-10+. The quantitative estimate of drug-likeness (QED) is 0.619. The van der Waals surface area contributed by atoms with E-state index >= 15 is 0 Å². The third-order valence-corrected chi connectivity index (χ3v) is 3.70. The van der Waals surface area contributed by atoms with Crippen LogP contribution in [-0.2, 0) is 4.79 Å². The number of hydrogen-bond acceptors (Lipinski definition) is 5. The minimum Gasteiger partial charge on any atom is -0.486 e. The van der Waals surface area contributed by atoms with Gasteiger partial charge in [0.1, 0.15) is 13.2 Å². The monoisotopic (exact) mass is 373 g/mol. The predicted molar refractivity (Wildman–Crippen MR) is 97.0 cm³/mol. The van der Waals surface area contributed by atoms with E-state index in [1.165, 1.54) is 6.21 Å². The van der Waals surface area contributed by atoms with E-state index in [0.29, 0.717) is 35.3 Å². The zero-order valence-corrected chi connectivity index (χ0v) is 14.5. The molecule has 2 N–H and O–H groups in total. The molecule has 7 nitrogen and oxygen atoms in total. The Bertz CT molecular complexity index is 854. The lowest BCUT2D eigenvalue weighted by Gasteiger charge is -2.18. The highest BCUT2D eigenvalue weighted by Crippen LogP contribution is 2.30. The van der Waals surface area contributed by atoms with Gasteiger partial charge in [0.2, 0.25) is 0 Å². The molecule has 2 aromatic carbocycles. The molecule has 0 saturated heterocycles. The summed E-state index contributed by atoms with van der Waals surface area (Å²) in [5.41, 5.74) is 3.46. The van der Waals surface area contributed by atoms with Gasteiger partial charge < -0.3 is 14.8 Å². The zero-order chi connectivity index (χ0) is 18.4. The summed E-state index contributed by atoms with van der Waals surface area (Å²) in [5, 5.41) is 6.92. The Morgan fingerprint density at radius 3 is 2.73 bits per heavy atom. The molecule has 0 radical (unpaired) electrons. The normalized spacial score (nSPS) is 12.7. The lowest BCUT2D eigenvalue weighted by Crippen LogP contribution is -2.35. The first-order chi connectivity index (χ1) is 12.6. The van der Waals surface area contributed by atoms with Gasteiger partial charge in [0, 0.05) is 10.6 Å². The van der Waals surface area contributed by atoms with E-state index in [9.17, 15) is 9.59 Å². The fourth-order valence-corrected chi connectivity index (χ4v) is 2.45. The van der Waals surface area contributed by atoms with E-state index in [1.807, 2.05) is 0 Å². The van der Waals surface area contributed by atoms with Crippen LogP contribution in [0.1, 0.15) is 15.9 Å². The molecule has 0 bridgehead atoms. The molecule has 3 rings (SSSR count). The van der Waals surface area contributed by atoms with Crippen LogP contribution in [0.25, 0.3) is 0 Å². The Morgan fingerprint density at radius 1 is 1.12 bits per heavy atom. The number of benzene rings is 2. The molecule has 0 aromatic heterocycles. The lowest BCUT2D eigenvalue weighted by molar-refractivity contribution is -0.120. The van der Waals surface area contributed by atoms with Crippen molar-refractivity contribution in [1.29, 1.82) is 0 Å². The number of rotatable bonds is 5. The Kier molecular flexibility index (Phi) is 5.70. The Balaban J connectivity index is 1.49. The molecule has 0 unspecified atom stereocenters. The molecule has 1 aliphatic heterocycles. The van der Waals surface area contributed by atoms with Crippen LogP contribution < -0.4 is 20.2 Å². The molecule has 2 amide bonds. The van der Waals surface area contributed by atoms with Gasteiger partial charge in [0.05, 0.1) is 12.8 Å². The zero-order valence-electron chi connectivity index (χ0n) is 13.7. The average molecular weight is 374 g/mol. The highest BCUT2D eigenvalue weighted by molar-refractivity contribution is 6.30. The van der Waals surface area contributed by atoms with Crippen LogP contribution in [0.4, 0.5) is 0 Å². The molecule has 0 atom stereocenters. The van der Waals surface area contributed by atoms with Gasteiger partial charge >= 0.3 is 0 Å². The number of amides is 2. The maximum absolute atomic E-state index is 12.1. The molecule has 0 aliphatic carbocycles. The molecule has 0 saturated carbocycles. The molecule has 1 heterocycles. The molecule has 8 heteroatoms. The van der Waals surface area contributed by atoms with Gasteiger partial charge in [-0.15, -0.1) is 0 Å². The van der Waals surface area contributed by atoms with Crippen molar-refractivity contribution >= 4 is 29.6 Å². The van der Waals surface area contributed by atoms with Crippen molar-refractivity contribution in [2.75, 3.05) is 19.8 Å². The number of ether oxygens (including phenoxy) is 2. The van der Waals surface area contributed by atoms with E-state index in [1.54, 1.807) is 42.5 Å². The number of hydrazone groups is 1. The second kappa shape index (κ2) is 8.35. The Morgan fingerprint density at radius 2 is 1.92 bits per heavy atom. The lowest BCUT2D eigenvalue weighted by atomic mass is 10.2. The van der Waals surface area contributed by atoms with Gasteiger partial charge in [0.25, 0.3) is 11.8 Å². The summed E-state index contributed by atoms with van der Waals surface area (Å²) in [4.78, 5) is 23.9. The summed E-state index contributed by atoms with van der Waals surface area (Å²) in [6.45, 7) is 0.708. The van der Waals surface area contributed by atoms with Gasteiger partial charge in [-0.05, 0) is 35.9 Å². The number of carbonyl (C=O) groups excluding carboxylic acids is 2. The van der Waals surface area contributed by atoms with Crippen LogP contribution in [0, 0.1) is 0 Å². The second-order valence-electron chi connectivity index (χ2n) is 5.39. The van der Waals surface area contributed by atoms with Crippen molar-refractivity contribution in [1.82, 2.24) is 10.7 Å². The third kappa shape index (κ3) is 4.73. The number of nitrogens with zero attached hydrogens (tertiary/aromatic N) is 1. The topological polar surface area (TPSA) is 89.0 Å². The molecule has 0 fully saturated rings. The van der Waals surface area contributed by atoms with Crippen LogP contribution in [0.2, 0.25) is 5.02 Å². The van der Waals surface area contributed by atoms with Crippen molar-refractivity contribution in [3.63, 3.8) is 0 Å². The number of hydrogen-bond donors (Lipinski definition) is 2. The van der Waals surface area contributed by atoms with E-state index in [0.717, 1.165) is 5.56 Å². The first kappa shape index (κ1) is 17.8. The molecular weight excluding hydrogens is 358 g/mol. The van der Waals surface area contributed by atoms with E-state index < -0.39 is 11.8 Å². The largest absolute Gasteiger partial charge is 0.486 e. The van der Waals surface area contributed by atoms with Crippen molar-refractivity contribution in [3.05, 3.63) is 58.6 Å². The summed E-state index contributed by atoms with van der Waals surface area (Å²) in [6, 6.07) is 11.9. The van der Waals surface area contributed by atoms with Gasteiger partial charge in [-0.3, -0.25) is 9.59 Å².